The molecule has 102 valence electrons. The summed E-state index contributed by atoms with van der Waals surface area (Å²) in [5.41, 5.74) is 3.30. The third-order valence-electron chi connectivity index (χ3n) is 3.20. The fourth-order valence-electron chi connectivity index (χ4n) is 2.08. The Balaban J connectivity index is 1.73. The fraction of sp³-hybridized carbons (Fsp3) is 0.200. The third kappa shape index (κ3) is 2.42. The van der Waals surface area contributed by atoms with E-state index in [0.717, 1.165) is 23.6 Å². The molecule has 0 bridgehead atoms. The highest BCUT2D eigenvalue weighted by Gasteiger charge is 2.03. The standard InChI is InChI=1S/C15H17N5/c1-19(2)15-7-6-13(11-17-15)16-9-12-10-18-20-8-4-3-5-14(12)20/h3-8,10-11,16H,9H2,1-2H3. The maximum absolute atomic E-state index is 4.38. The molecule has 3 aromatic rings. The van der Waals surface area contributed by atoms with Gasteiger partial charge in [0.25, 0.3) is 0 Å². The third-order valence-corrected chi connectivity index (χ3v) is 3.20. The average Bonchev–Trinajstić information content (AvgIpc) is 2.89. The summed E-state index contributed by atoms with van der Waals surface area (Å²) < 4.78 is 1.88. The van der Waals surface area contributed by atoms with Crippen LogP contribution in [0.5, 0.6) is 0 Å². The van der Waals surface area contributed by atoms with Gasteiger partial charge in [0, 0.05) is 32.4 Å². The number of rotatable bonds is 4. The zero-order chi connectivity index (χ0) is 13.9. The maximum atomic E-state index is 4.38. The molecule has 0 saturated carbocycles. The molecule has 0 fully saturated rings. The van der Waals surface area contributed by atoms with Gasteiger partial charge < -0.3 is 10.2 Å². The topological polar surface area (TPSA) is 45.5 Å². The normalized spacial score (nSPS) is 10.7. The van der Waals surface area contributed by atoms with E-state index in [1.807, 2.05) is 66.4 Å². The van der Waals surface area contributed by atoms with Crippen molar-refractivity contribution in [2.75, 3.05) is 24.3 Å². The predicted molar refractivity (Wildman–Crippen MR) is 81.1 cm³/mol. The Morgan fingerprint density at radius 3 is 2.80 bits per heavy atom. The zero-order valence-electron chi connectivity index (χ0n) is 11.6. The van der Waals surface area contributed by atoms with Crippen molar-refractivity contribution in [3.63, 3.8) is 0 Å². The van der Waals surface area contributed by atoms with E-state index in [1.54, 1.807) is 0 Å². The second-order valence-corrected chi connectivity index (χ2v) is 4.85. The lowest BCUT2D eigenvalue weighted by Crippen LogP contribution is -2.10. The molecule has 0 unspecified atom stereocenters. The van der Waals surface area contributed by atoms with Gasteiger partial charge in [0.15, 0.2) is 0 Å². The van der Waals surface area contributed by atoms with Gasteiger partial charge in [-0.15, -0.1) is 0 Å². The van der Waals surface area contributed by atoms with Crippen LogP contribution in [0.2, 0.25) is 0 Å². The van der Waals surface area contributed by atoms with Crippen LogP contribution in [-0.2, 0) is 6.54 Å². The van der Waals surface area contributed by atoms with Gasteiger partial charge in [-0.05, 0) is 24.3 Å². The van der Waals surface area contributed by atoms with E-state index in [2.05, 4.69) is 21.5 Å². The summed E-state index contributed by atoms with van der Waals surface area (Å²) in [6, 6.07) is 10.1. The van der Waals surface area contributed by atoms with Gasteiger partial charge in [0.1, 0.15) is 5.82 Å². The molecule has 0 spiro atoms. The maximum Gasteiger partial charge on any atom is 0.128 e. The van der Waals surface area contributed by atoms with E-state index in [0.29, 0.717) is 0 Å². The van der Waals surface area contributed by atoms with Gasteiger partial charge in [0.2, 0.25) is 0 Å². The molecule has 0 aliphatic rings. The number of fused-ring (bicyclic) bond motifs is 1. The number of nitrogens with zero attached hydrogens (tertiary/aromatic N) is 4. The van der Waals surface area contributed by atoms with Crippen molar-refractivity contribution in [1.82, 2.24) is 14.6 Å². The number of hydrogen-bond donors (Lipinski definition) is 1. The summed E-state index contributed by atoms with van der Waals surface area (Å²) in [7, 11) is 3.96. The molecular formula is C15H17N5. The molecule has 3 aromatic heterocycles. The molecule has 0 aliphatic carbocycles. The number of pyridine rings is 2. The lowest BCUT2D eigenvalue weighted by atomic mass is 10.2. The monoisotopic (exact) mass is 267 g/mol. The second-order valence-electron chi connectivity index (χ2n) is 4.85. The van der Waals surface area contributed by atoms with Crippen LogP contribution in [0, 0.1) is 0 Å². The van der Waals surface area contributed by atoms with Crippen LogP contribution in [0.15, 0.2) is 48.9 Å². The number of aromatic nitrogens is 3. The Morgan fingerprint density at radius 1 is 1.15 bits per heavy atom. The zero-order valence-corrected chi connectivity index (χ0v) is 11.6. The van der Waals surface area contributed by atoms with Gasteiger partial charge in [-0.3, -0.25) is 0 Å². The molecule has 0 radical (unpaired) electrons. The first kappa shape index (κ1) is 12.5. The van der Waals surface area contributed by atoms with Crippen molar-refractivity contribution < 1.29 is 0 Å². The first-order valence-electron chi connectivity index (χ1n) is 6.52. The van der Waals surface area contributed by atoms with E-state index in [9.17, 15) is 0 Å². The van der Waals surface area contributed by atoms with Crippen LogP contribution in [0.4, 0.5) is 11.5 Å². The minimum atomic E-state index is 0.733. The highest BCUT2D eigenvalue weighted by molar-refractivity contribution is 5.55. The molecule has 3 heterocycles. The van der Waals surface area contributed by atoms with Crippen LogP contribution >= 0.6 is 0 Å². The summed E-state index contributed by atoms with van der Waals surface area (Å²) in [5.74, 6) is 0.950. The summed E-state index contributed by atoms with van der Waals surface area (Å²) in [5, 5.41) is 7.69. The molecule has 0 aliphatic heterocycles. The Morgan fingerprint density at radius 2 is 2.05 bits per heavy atom. The first-order chi connectivity index (χ1) is 9.74. The largest absolute Gasteiger partial charge is 0.380 e. The lowest BCUT2D eigenvalue weighted by molar-refractivity contribution is 0.961. The smallest absolute Gasteiger partial charge is 0.128 e. The summed E-state index contributed by atoms with van der Waals surface area (Å²) in [6.07, 6.45) is 5.69. The van der Waals surface area contributed by atoms with Crippen LogP contribution in [-0.4, -0.2) is 28.7 Å². The first-order valence-corrected chi connectivity index (χ1v) is 6.52. The minimum absolute atomic E-state index is 0.733. The van der Waals surface area contributed by atoms with Gasteiger partial charge in [-0.1, -0.05) is 6.07 Å². The van der Waals surface area contributed by atoms with Crippen molar-refractivity contribution in [1.29, 1.82) is 0 Å². The van der Waals surface area contributed by atoms with Gasteiger partial charge in [-0.2, -0.15) is 5.10 Å². The van der Waals surface area contributed by atoms with Crippen molar-refractivity contribution >= 4 is 17.0 Å². The van der Waals surface area contributed by atoms with E-state index < -0.39 is 0 Å². The summed E-state index contributed by atoms with van der Waals surface area (Å²) in [6.45, 7) is 0.733. The Hall–Kier alpha value is -2.56. The van der Waals surface area contributed by atoms with Crippen molar-refractivity contribution in [3.05, 3.63) is 54.5 Å². The van der Waals surface area contributed by atoms with Crippen LogP contribution in [0.25, 0.3) is 5.52 Å². The highest BCUT2D eigenvalue weighted by Crippen LogP contribution is 2.15. The molecule has 20 heavy (non-hydrogen) atoms. The van der Waals surface area contributed by atoms with Gasteiger partial charge in [-0.25, -0.2) is 9.50 Å². The molecule has 0 amide bonds. The van der Waals surface area contributed by atoms with Gasteiger partial charge >= 0.3 is 0 Å². The molecule has 0 saturated heterocycles. The summed E-state index contributed by atoms with van der Waals surface area (Å²) >= 11 is 0. The van der Waals surface area contributed by atoms with Gasteiger partial charge in [0.05, 0.1) is 23.6 Å². The highest BCUT2D eigenvalue weighted by atomic mass is 15.2. The molecule has 5 heteroatoms. The Kier molecular flexibility index (Phi) is 3.25. The SMILES string of the molecule is CN(C)c1ccc(NCc2cnn3ccccc23)cn1. The number of nitrogens with one attached hydrogen (secondary N) is 1. The average molecular weight is 267 g/mol. The molecule has 0 atom stereocenters. The van der Waals surface area contributed by atoms with Crippen LogP contribution in [0.1, 0.15) is 5.56 Å². The van der Waals surface area contributed by atoms with Crippen molar-refractivity contribution in [2.45, 2.75) is 6.54 Å². The Labute approximate surface area is 117 Å². The number of anilines is 2. The van der Waals surface area contributed by atoms with E-state index in [4.69, 9.17) is 0 Å². The quantitative estimate of drug-likeness (QED) is 0.788. The predicted octanol–water partition coefficient (Wildman–Crippen LogP) is 2.41. The molecular weight excluding hydrogens is 250 g/mol. The molecule has 0 aromatic carbocycles. The Bertz CT molecular complexity index is 700. The lowest BCUT2D eigenvalue weighted by Gasteiger charge is -2.11. The van der Waals surface area contributed by atoms with Crippen molar-refractivity contribution in [3.8, 4) is 0 Å². The van der Waals surface area contributed by atoms with E-state index >= 15 is 0 Å². The van der Waals surface area contributed by atoms with E-state index in [1.165, 1.54) is 5.56 Å². The molecule has 5 nitrogen and oxygen atoms in total. The van der Waals surface area contributed by atoms with Crippen LogP contribution < -0.4 is 10.2 Å². The molecule has 1 N–H and O–H groups in total. The van der Waals surface area contributed by atoms with E-state index in [-0.39, 0.29) is 0 Å². The van der Waals surface area contributed by atoms with Crippen LogP contribution in [0.3, 0.4) is 0 Å². The minimum Gasteiger partial charge on any atom is -0.380 e. The molecule has 3 rings (SSSR count). The number of hydrogen-bond acceptors (Lipinski definition) is 4. The fourth-order valence-corrected chi connectivity index (χ4v) is 2.08. The van der Waals surface area contributed by atoms with Crippen molar-refractivity contribution in [2.24, 2.45) is 0 Å². The second kappa shape index (κ2) is 5.21. The summed E-state index contributed by atoms with van der Waals surface area (Å²) in [4.78, 5) is 6.36.